The summed E-state index contributed by atoms with van der Waals surface area (Å²) in [4.78, 5) is 23.7. The molecule has 12 heteroatoms. The molecule has 39 heavy (non-hydrogen) atoms. The van der Waals surface area contributed by atoms with Gasteiger partial charge in [-0.3, -0.25) is 10.1 Å². The van der Waals surface area contributed by atoms with E-state index in [0.29, 0.717) is 29.0 Å². The highest BCUT2D eigenvalue weighted by Crippen LogP contribution is 2.24. The van der Waals surface area contributed by atoms with Gasteiger partial charge in [-0.05, 0) is 60.7 Å². The van der Waals surface area contributed by atoms with Gasteiger partial charge in [0.1, 0.15) is 17.3 Å². The maximum atomic E-state index is 10.9. The lowest BCUT2D eigenvalue weighted by Crippen LogP contribution is -2.07. The van der Waals surface area contributed by atoms with Crippen LogP contribution >= 0.6 is 0 Å². The molecule has 0 aliphatic carbocycles. The van der Waals surface area contributed by atoms with Crippen molar-refractivity contribution < 1.29 is 14.1 Å². The van der Waals surface area contributed by atoms with Crippen LogP contribution in [0.15, 0.2) is 101 Å². The molecular formula is C27H22N8O4. The van der Waals surface area contributed by atoms with Crippen LogP contribution in [0.1, 0.15) is 5.76 Å². The first-order valence-electron chi connectivity index (χ1n) is 11.7. The highest BCUT2D eigenvalue weighted by Gasteiger charge is 2.10. The van der Waals surface area contributed by atoms with Gasteiger partial charge in [-0.1, -0.05) is 18.2 Å². The second kappa shape index (κ2) is 11.5. The van der Waals surface area contributed by atoms with Crippen LogP contribution in [0.25, 0.3) is 11.3 Å². The van der Waals surface area contributed by atoms with Crippen molar-refractivity contribution in [3.63, 3.8) is 0 Å². The summed E-state index contributed by atoms with van der Waals surface area (Å²) in [5.74, 6) is 2.54. The van der Waals surface area contributed by atoms with Crippen LogP contribution in [0.4, 0.5) is 34.9 Å². The van der Waals surface area contributed by atoms with Crippen molar-refractivity contribution in [2.24, 2.45) is 5.10 Å². The average Bonchev–Trinajstić information content (AvgIpc) is 3.43. The third kappa shape index (κ3) is 6.51. The van der Waals surface area contributed by atoms with E-state index in [1.807, 2.05) is 54.6 Å². The molecule has 0 atom stereocenters. The van der Waals surface area contributed by atoms with Crippen LogP contribution in [0.2, 0.25) is 0 Å². The minimum absolute atomic E-state index is 0.00983. The number of benzene rings is 3. The molecule has 0 aliphatic heterocycles. The number of hydrazone groups is 1. The molecule has 2 aromatic heterocycles. The van der Waals surface area contributed by atoms with Gasteiger partial charge in [-0.2, -0.15) is 20.1 Å². The van der Waals surface area contributed by atoms with Gasteiger partial charge in [0.05, 0.1) is 18.2 Å². The van der Waals surface area contributed by atoms with E-state index in [1.54, 1.807) is 31.4 Å². The molecular weight excluding hydrogens is 500 g/mol. The van der Waals surface area contributed by atoms with Crippen molar-refractivity contribution in [1.29, 1.82) is 0 Å². The standard InChI is InChI=1S/C27H22N8O4/c1-38-22-13-9-20(10-14-22)30-26-31-25(29-19-5-3-2-4-6-19)32-27(33-26)34-28-17-23-15-16-24(39-23)18-7-11-21(12-8-18)35(36)37/h2-17H,1H3,(H3,29,30,31,32,33,34). The number of hydrogen-bond donors (Lipinski definition) is 3. The first-order valence-corrected chi connectivity index (χ1v) is 11.7. The van der Waals surface area contributed by atoms with E-state index in [0.717, 1.165) is 17.1 Å². The van der Waals surface area contributed by atoms with Crippen LogP contribution in [0.3, 0.4) is 0 Å². The average molecular weight is 523 g/mol. The largest absolute Gasteiger partial charge is 0.497 e. The van der Waals surface area contributed by atoms with E-state index in [4.69, 9.17) is 9.15 Å². The fraction of sp³-hybridized carbons (Fsp3) is 0.0370. The van der Waals surface area contributed by atoms with Crippen LogP contribution in [-0.4, -0.2) is 33.2 Å². The molecule has 0 saturated carbocycles. The number of rotatable bonds is 10. The number of ether oxygens (including phenoxy) is 1. The number of furan rings is 1. The smallest absolute Gasteiger partial charge is 0.269 e. The molecule has 2 heterocycles. The van der Waals surface area contributed by atoms with E-state index < -0.39 is 4.92 Å². The number of hydrogen-bond acceptors (Lipinski definition) is 11. The van der Waals surface area contributed by atoms with E-state index in [2.05, 4.69) is 36.1 Å². The van der Waals surface area contributed by atoms with Crippen LogP contribution in [-0.2, 0) is 0 Å². The van der Waals surface area contributed by atoms with Crippen LogP contribution in [0, 0.1) is 10.1 Å². The maximum absolute atomic E-state index is 10.9. The molecule has 0 saturated heterocycles. The molecule has 0 fully saturated rings. The van der Waals surface area contributed by atoms with E-state index in [1.165, 1.54) is 18.3 Å². The monoisotopic (exact) mass is 522 g/mol. The third-order valence-electron chi connectivity index (χ3n) is 5.36. The first-order chi connectivity index (χ1) is 19.1. The van der Waals surface area contributed by atoms with Crippen molar-refractivity contribution in [3.8, 4) is 17.1 Å². The van der Waals surface area contributed by atoms with Crippen LogP contribution in [0.5, 0.6) is 5.75 Å². The Morgan fingerprint density at radius 2 is 1.46 bits per heavy atom. The van der Waals surface area contributed by atoms with Crippen molar-refractivity contribution >= 4 is 41.1 Å². The van der Waals surface area contributed by atoms with Gasteiger partial charge in [0.15, 0.2) is 0 Å². The summed E-state index contributed by atoms with van der Waals surface area (Å²) in [5.41, 5.74) is 5.09. The zero-order chi connectivity index (χ0) is 27.0. The van der Waals surface area contributed by atoms with Gasteiger partial charge in [0, 0.05) is 29.1 Å². The van der Waals surface area contributed by atoms with Gasteiger partial charge in [-0.25, -0.2) is 5.43 Å². The van der Waals surface area contributed by atoms with Crippen molar-refractivity contribution in [2.75, 3.05) is 23.2 Å². The summed E-state index contributed by atoms with van der Waals surface area (Å²) >= 11 is 0. The molecule has 3 aromatic carbocycles. The number of nitro benzene ring substituents is 1. The molecule has 0 amide bonds. The van der Waals surface area contributed by atoms with Crippen molar-refractivity contribution in [2.45, 2.75) is 0 Å². The van der Waals surface area contributed by atoms with Gasteiger partial charge < -0.3 is 19.8 Å². The number of nitrogens with zero attached hydrogens (tertiary/aromatic N) is 5. The second-order valence-electron chi connectivity index (χ2n) is 8.03. The maximum Gasteiger partial charge on any atom is 0.269 e. The Labute approximate surface area is 222 Å². The first kappa shape index (κ1) is 24.9. The number of aromatic nitrogens is 3. The van der Waals surface area contributed by atoms with E-state index in [9.17, 15) is 10.1 Å². The zero-order valence-electron chi connectivity index (χ0n) is 20.6. The van der Waals surface area contributed by atoms with Crippen molar-refractivity contribution in [3.05, 3.63) is 107 Å². The molecule has 0 bridgehead atoms. The lowest BCUT2D eigenvalue weighted by atomic mass is 10.1. The Bertz CT molecular complexity index is 1590. The summed E-state index contributed by atoms with van der Waals surface area (Å²) in [6.45, 7) is 0. The number of non-ortho nitro benzene ring substituents is 1. The molecule has 0 spiro atoms. The molecule has 5 rings (SSSR count). The Morgan fingerprint density at radius 3 is 2.10 bits per heavy atom. The Morgan fingerprint density at radius 1 is 0.821 bits per heavy atom. The number of nitrogens with one attached hydrogen (secondary N) is 3. The summed E-state index contributed by atoms with van der Waals surface area (Å²) in [6.07, 6.45) is 1.47. The minimum Gasteiger partial charge on any atom is -0.497 e. The Balaban J connectivity index is 1.32. The molecule has 12 nitrogen and oxygen atoms in total. The Kier molecular flexibility index (Phi) is 7.35. The lowest BCUT2D eigenvalue weighted by molar-refractivity contribution is -0.384. The van der Waals surface area contributed by atoms with Gasteiger partial charge >= 0.3 is 0 Å². The number of para-hydroxylation sites is 1. The quantitative estimate of drug-likeness (QED) is 0.113. The predicted molar refractivity (Wildman–Crippen MR) is 148 cm³/mol. The third-order valence-corrected chi connectivity index (χ3v) is 5.36. The predicted octanol–water partition coefficient (Wildman–Crippen LogP) is 5.98. The molecule has 0 aliphatic rings. The minimum atomic E-state index is -0.449. The summed E-state index contributed by atoms with van der Waals surface area (Å²) in [5, 5.41) is 21.4. The lowest BCUT2D eigenvalue weighted by Gasteiger charge is -2.10. The molecule has 194 valence electrons. The molecule has 0 radical (unpaired) electrons. The number of nitro groups is 1. The number of anilines is 5. The highest BCUT2D eigenvalue weighted by atomic mass is 16.6. The highest BCUT2D eigenvalue weighted by molar-refractivity contribution is 5.78. The fourth-order valence-corrected chi connectivity index (χ4v) is 3.47. The van der Waals surface area contributed by atoms with E-state index in [-0.39, 0.29) is 11.6 Å². The van der Waals surface area contributed by atoms with Gasteiger partial charge in [0.2, 0.25) is 17.8 Å². The molecule has 3 N–H and O–H groups in total. The van der Waals surface area contributed by atoms with Crippen LogP contribution < -0.4 is 20.8 Å². The SMILES string of the molecule is COc1ccc(Nc2nc(NN=Cc3ccc(-c4ccc([N+](=O)[O-])cc4)o3)nc(Nc3ccccc3)n2)cc1. The van der Waals surface area contributed by atoms with Crippen molar-refractivity contribution in [1.82, 2.24) is 15.0 Å². The zero-order valence-corrected chi connectivity index (χ0v) is 20.6. The fourth-order valence-electron chi connectivity index (χ4n) is 3.47. The topological polar surface area (TPSA) is 153 Å². The Hall–Kier alpha value is -5.78. The molecule has 5 aromatic rings. The second-order valence-corrected chi connectivity index (χ2v) is 8.03. The summed E-state index contributed by atoms with van der Waals surface area (Å²) in [7, 11) is 1.60. The van der Waals surface area contributed by atoms with Gasteiger partial charge in [-0.15, -0.1) is 0 Å². The van der Waals surface area contributed by atoms with Gasteiger partial charge in [0.25, 0.3) is 5.69 Å². The number of methoxy groups -OCH3 is 1. The molecule has 0 unspecified atom stereocenters. The summed E-state index contributed by atoms with van der Waals surface area (Å²) < 4.78 is 11.0. The van der Waals surface area contributed by atoms with E-state index >= 15 is 0 Å². The normalized spacial score (nSPS) is 10.8. The summed E-state index contributed by atoms with van der Waals surface area (Å²) in [6, 6.07) is 26.4.